The number of primary amides is 1. The number of hydrogen-bond acceptors (Lipinski definition) is 2. The quantitative estimate of drug-likeness (QED) is 0.755. The van der Waals surface area contributed by atoms with Crippen LogP contribution in [0.4, 0.5) is 0 Å². The number of aliphatic hydroxyl groups is 1. The minimum atomic E-state index is -0.578. The third-order valence-electron chi connectivity index (χ3n) is 1.73. The normalized spacial score (nSPS) is 11.5. The van der Waals surface area contributed by atoms with E-state index in [2.05, 4.69) is 0 Å². The highest BCUT2D eigenvalue weighted by Crippen LogP contribution is 2.13. The van der Waals surface area contributed by atoms with Crippen LogP contribution in [0.15, 0.2) is 30.3 Å². The van der Waals surface area contributed by atoms with Crippen LogP contribution < -0.4 is 5.73 Å². The van der Waals surface area contributed by atoms with Gasteiger partial charge >= 0.3 is 0 Å². The summed E-state index contributed by atoms with van der Waals surface area (Å²) < 4.78 is 0. The number of carbonyl (C=O) groups excluding carboxylic acids is 1. The van der Waals surface area contributed by atoms with E-state index in [1.165, 1.54) is 0 Å². The largest absolute Gasteiger partial charge is 0.395 e. The number of benzene rings is 1. The third kappa shape index (κ3) is 3.05. The number of hydrogen-bond donors (Lipinski definition) is 2. The molecule has 0 aliphatic heterocycles. The van der Waals surface area contributed by atoms with Gasteiger partial charge in [-0.25, -0.2) is 0 Å². The molecule has 0 radical (unpaired) electrons. The summed E-state index contributed by atoms with van der Waals surface area (Å²) in [4.78, 5) is 10.8. The number of halogens is 1. The van der Waals surface area contributed by atoms with E-state index in [1.807, 2.05) is 6.07 Å². The van der Waals surface area contributed by atoms with Crippen molar-refractivity contribution in [1.29, 1.82) is 0 Å². The van der Waals surface area contributed by atoms with Crippen molar-refractivity contribution in [2.45, 2.75) is 5.92 Å². The van der Waals surface area contributed by atoms with Crippen molar-refractivity contribution < 1.29 is 9.90 Å². The van der Waals surface area contributed by atoms with Gasteiger partial charge in [0.25, 0.3) is 0 Å². The van der Waals surface area contributed by atoms with Crippen molar-refractivity contribution in [3.8, 4) is 0 Å². The zero-order valence-electron chi connectivity index (χ0n) is 7.01. The van der Waals surface area contributed by atoms with Gasteiger partial charge in [0.1, 0.15) is 0 Å². The zero-order valence-corrected chi connectivity index (χ0v) is 7.83. The predicted octanol–water partition coefficient (Wildman–Crippen LogP) is 0.670. The first-order valence-electron chi connectivity index (χ1n) is 3.71. The Kier molecular flexibility index (Phi) is 5.11. The molecule has 1 rings (SSSR count). The van der Waals surface area contributed by atoms with Crippen LogP contribution in [0.3, 0.4) is 0 Å². The highest BCUT2D eigenvalue weighted by molar-refractivity contribution is 5.85. The fourth-order valence-corrected chi connectivity index (χ4v) is 1.04. The average Bonchev–Trinajstić information content (AvgIpc) is 2.07. The number of rotatable bonds is 3. The van der Waals surface area contributed by atoms with Gasteiger partial charge in [-0.15, -0.1) is 12.4 Å². The van der Waals surface area contributed by atoms with Crippen molar-refractivity contribution in [3.63, 3.8) is 0 Å². The number of amides is 1. The minimum Gasteiger partial charge on any atom is -0.395 e. The summed E-state index contributed by atoms with van der Waals surface area (Å²) in [6.07, 6.45) is 0. The van der Waals surface area contributed by atoms with E-state index in [9.17, 15) is 4.79 Å². The summed E-state index contributed by atoms with van der Waals surface area (Å²) >= 11 is 0. The van der Waals surface area contributed by atoms with Crippen LogP contribution in [0.1, 0.15) is 11.5 Å². The van der Waals surface area contributed by atoms with E-state index in [0.29, 0.717) is 0 Å². The van der Waals surface area contributed by atoms with Crippen LogP contribution in [0.2, 0.25) is 0 Å². The molecule has 72 valence electrons. The molecule has 1 aromatic carbocycles. The van der Waals surface area contributed by atoms with Crippen molar-refractivity contribution >= 4 is 18.3 Å². The van der Waals surface area contributed by atoms with Gasteiger partial charge in [-0.2, -0.15) is 0 Å². The molecule has 0 saturated heterocycles. The second kappa shape index (κ2) is 5.56. The standard InChI is InChI=1S/C9H11NO2.ClH/c10-9(12)8(6-11)7-4-2-1-3-5-7;/h1-5,8,11H,6H2,(H2,10,12);1H. The molecule has 0 spiro atoms. The molecule has 3 nitrogen and oxygen atoms in total. The van der Waals surface area contributed by atoms with Crippen LogP contribution in [0.5, 0.6) is 0 Å². The second-order valence-corrected chi connectivity index (χ2v) is 2.55. The lowest BCUT2D eigenvalue weighted by Crippen LogP contribution is -2.24. The highest BCUT2D eigenvalue weighted by Gasteiger charge is 2.15. The lowest BCUT2D eigenvalue weighted by Gasteiger charge is -2.09. The smallest absolute Gasteiger partial charge is 0.227 e. The Labute approximate surface area is 83.0 Å². The fourth-order valence-electron chi connectivity index (χ4n) is 1.04. The Bertz CT molecular complexity index is 264. The Morgan fingerprint density at radius 2 is 1.92 bits per heavy atom. The minimum absolute atomic E-state index is 0. The van der Waals surface area contributed by atoms with Crippen molar-refractivity contribution in [2.24, 2.45) is 5.73 Å². The summed E-state index contributed by atoms with van der Waals surface area (Å²) in [5.41, 5.74) is 5.84. The summed E-state index contributed by atoms with van der Waals surface area (Å²) in [6.45, 7) is -0.237. The van der Waals surface area contributed by atoms with Gasteiger partial charge in [-0.05, 0) is 5.56 Å². The Morgan fingerprint density at radius 1 is 1.38 bits per heavy atom. The van der Waals surface area contributed by atoms with Crippen LogP contribution in [-0.2, 0) is 4.79 Å². The van der Waals surface area contributed by atoms with Gasteiger partial charge in [0.05, 0.1) is 12.5 Å². The molecule has 0 fully saturated rings. The number of aliphatic hydroxyl groups excluding tert-OH is 1. The van der Waals surface area contributed by atoms with Gasteiger partial charge in [-0.3, -0.25) is 4.79 Å². The lowest BCUT2D eigenvalue weighted by molar-refractivity contribution is -0.120. The van der Waals surface area contributed by atoms with E-state index in [4.69, 9.17) is 10.8 Å². The van der Waals surface area contributed by atoms with Gasteiger partial charge in [0.15, 0.2) is 0 Å². The van der Waals surface area contributed by atoms with Crippen molar-refractivity contribution in [2.75, 3.05) is 6.61 Å². The molecule has 4 heteroatoms. The fraction of sp³-hybridized carbons (Fsp3) is 0.222. The van der Waals surface area contributed by atoms with Gasteiger partial charge in [0.2, 0.25) is 5.91 Å². The first-order chi connectivity index (χ1) is 5.75. The molecule has 13 heavy (non-hydrogen) atoms. The molecule has 0 aliphatic rings. The summed E-state index contributed by atoms with van der Waals surface area (Å²) in [6, 6.07) is 9.00. The van der Waals surface area contributed by atoms with Gasteiger partial charge in [-0.1, -0.05) is 30.3 Å². The first-order valence-corrected chi connectivity index (χ1v) is 3.71. The molecule has 1 atom stereocenters. The Balaban J connectivity index is 0.00000144. The average molecular weight is 202 g/mol. The maximum absolute atomic E-state index is 10.8. The monoisotopic (exact) mass is 201 g/mol. The molecular weight excluding hydrogens is 190 g/mol. The molecule has 1 aromatic rings. The predicted molar refractivity (Wildman–Crippen MR) is 52.7 cm³/mol. The van der Waals surface area contributed by atoms with E-state index in [1.54, 1.807) is 24.3 Å². The summed E-state index contributed by atoms with van der Waals surface area (Å²) in [5.74, 6) is -1.07. The maximum Gasteiger partial charge on any atom is 0.227 e. The van der Waals surface area contributed by atoms with Crippen LogP contribution >= 0.6 is 12.4 Å². The van der Waals surface area contributed by atoms with Crippen LogP contribution in [0.25, 0.3) is 0 Å². The van der Waals surface area contributed by atoms with E-state index < -0.39 is 11.8 Å². The second-order valence-electron chi connectivity index (χ2n) is 2.55. The lowest BCUT2D eigenvalue weighted by atomic mass is 10.00. The molecule has 0 bridgehead atoms. The van der Waals surface area contributed by atoms with Crippen LogP contribution in [0, 0.1) is 0 Å². The molecule has 1 amide bonds. The SMILES string of the molecule is Cl.NC(=O)C(CO)c1ccccc1. The third-order valence-corrected chi connectivity index (χ3v) is 1.73. The maximum atomic E-state index is 10.8. The molecule has 0 heterocycles. The topological polar surface area (TPSA) is 63.3 Å². The first kappa shape index (κ1) is 11.9. The Morgan fingerprint density at radius 3 is 2.31 bits per heavy atom. The molecule has 0 saturated carbocycles. The van der Waals surface area contributed by atoms with Gasteiger partial charge < -0.3 is 10.8 Å². The van der Waals surface area contributed by atoms with E-state index in [0.717, 1.165) is 5.56 Å². The molecule has 0 aliphatic carbocycles. The van der Waals surface area contributed by atoms with E-state index in [-0.39, 0.29) is 19.0 Å². The number of nitrogens with two attached hydrogens (primary N) is 1. The number of carbonyl (C=O) groups is 1. The van der Waals surface area contributed by atoms with Crippen LogP contribution in [-0.4, -0.2) is 17.6 Å². The summed E-state index contributed by atoms with van der Waals surface area (Å²) in [5, 5.41) is 8.85. The summed E-state index contributed by atoms with van der Waals surface area (Å²) in [7, 11) is 0. The molecule has 0 aromatic heterocycles. The van der Waals surface area contributed by atoms with Gasteiger partial charge in [0, 0.05) is 0 Å². The zero-order chi connectivity index (χ0) is 8.97. The molecule has 3 N–H and O–H groups in total. The highest BCUT2D eigenvalue weighted by atomic mass is 35.5. The Hall–Kier alpha value is -1.06. The molecule has 1 unspecified atom stereocenters. The molecular formula is C9H12ClNO2. The van der Waals surface area contributed by atoms with Crippen molar-refractivity contribution in [3.05, 3.63) is 35.9 Å². The van der Waals surface area contributed by atoms with Crippen molar-refractivity contribution in [1.82, 2.24) is 0 Å². The van der Waals surface area contributed by atoms with E-state index >= 15 is 0 Å².